The molecule has 2 N–H and O–H groups in total. The number of rotatable bonds is 29. The Balaban J connectivity index is 0.000000174. The summed E-state index contributed by atoms with van der Waals surface area (Å²) in [7, 11) is 0. The molecule has 34 heteroatoms. The van der Waals surface area contributed by atoms with E-state index in [4.69, 9.17) is 47.6 Å². The van der Waals surface area contributed by atoms with Gasteiger partial charge in [0.15, 0.2) is 0 Å². The van der Waals surface area contributed by atoms with Gasteiger partial charge in [-0.3, -0.25) is 29.1 Å². The van der Waals surface area contributed by atoms with Gasteiger partial charge in [-0.2, -0.15) is 13.2 Å². The summed E-state index contributed by atoms with van der Waals surface area (Å²) in [6.45, 7) is 56.8. The van der Waals surface area contributed by atoms with Gasteiger partial charge < -0.3 is 76.0 Å². The van der Waals surface area contributed by atoms with Gasteiger partial charge in [0.2, 0.25) is 5.91 Å². The highest BCUT2D eigenvalue weighted by Crippen LogP contribution is 2.35. The molecule has 1 atom stereocenters. The average molecular weight is 2130 g/mol. The molecule has 1 unspecified atom stereocenters. The molecule has 13 aromatic rings. The summed E-state index contributed by atoms with van der Waals surface area (Å²) >= 11 is 7.93. The first kappa shape index (κ1) is 114. The quantitative estimate of drug-likeness (QED) is 0.0250. The van der Waals surface area contributed by atoms with Crippen LogP contribution in [0.1, 0.15) is 155 Å². The molecule has 145 heavy (non-hydrogen) atoms. The van der Waals surface area contributed by atoms with Crippen molar-refractivity contribution in [1.29, 1.82) is 0 Å². The molecule has 3 fully saturated rings. The number of carbonyl (C=O) groups is 4. The number of carbonyl (C=O) groups excluding carboxylic acids is 4. The van der Waals surface area contributed by atoms with Gasteiger partial charge in [-0.25, -0.2) is 33.6 Å². The number of anilines is 7. The Labute approximate surface area is 861 Å². The lowest BCUT2D eigenvalue weighted by Gasteiger charge is -2.27. The summed E-state index contributed by atoms with van der Waals surface area (Å²) in [5.74, 6) is -1.01. The SMILES string of the molecule is CC(C)CC1NC(=O)N(CC(=O)Nc2ccc(C(F)(F)F)cc2)C1=O.CCN(CC)c1ccc2c(C)c(CC(C)=O)c(=O)oc2c1.CCN(CC)c1ccc2c(C)c(CN3CCOCC3)c(=O)oc2c1.CCN(CC)c1ccc2c(C)c(Cl)c(=O)oc2c1.CCN(CC)c1ccc2c(C)c(I)c(=O)oc2c1.CCN(CC)c1ccc2c(CN3CCOCC3)cc(=O)oc2c1.CCN(CC)c1ccc2ccc(=O)oc2c1. The minimum Gasteiger partial charge on any atom is -0.423 e. The number of ether oxygens (including phenoxy) is 2. The number of Topliss-reactive ketones (excluding diaryl/α,β-unsaturated/α-hetero) is 1. The molecule has 3 aliphatic rings. The van der Waals surface area contributed by atoms with E-state index >= 15 is 0 Å². The zero-order valence-corrected chi connectivity index (χ0v) is 89.4. The fourth-order valence-corrected chi connectivity index (χ4v) is 18.1. The molecule has 0 saturated carbocycles. The summed E-state index contributed by atoms with van der Waals surface area (Å²) in [4.78, 5) is 137. The first-order valence-corrected chi connectivity index (χ1v) is 51.1. The van der Waals surface area contributed by atoms with Crippen LogP contribution in [0.5, 0.6) is 0 Å². The molecule has 0 radical (unpaired) electrons. The average Bonchev–Trinajstić information content (AvgIpc) is 1.64. The van der Waals surface area contributed by atoms with Gasteiger partial charge in [0, 0.05) is 250 Å². The second-order valence-electron chi connectivity index (χ2n) is 35.5. The van der Waals surface area contributed by atoms with Gasteiger partial charge in [-0.05, 0) is 284 Å². The Morgan fingerprint density at radius 2 is 0.793 bits per heavy atom. The van der Waals surface area contributed by atoms with E-state index in [0.717, 1.165) is 267 Å². The maximum atomic E-state index is 12.5. The third-order valence-electron chi connectivity index (χ3n) is 25.9. The number of nitrogens with zero attached hydrogens (tertiary/aromatic N) is 9. The third-order valence-corrected chi connectivity index (χ3v) is 27.6. The molecule has 0 spiro atoms. The normalized spacial score (nSPS) is 13.7. The molecule has 778 valence electrons. The van der Waals surface area contributed by atoms with Gasteiger partial charge in [0.25, 0.3) is 5.91 Å². The van der Waals surface area contributed by atoms with Crippen molar-refractivity contribution < 1.29 is 68.3 Å². The Hall–Kier alpha value is -12.7. The molecule has 4 amide bonds. The minimum absolute atomic E-state index is 0.0375. The topological polar surface area (TPSA) is 321 Å². The van der Waals surface area contributed by atoms with Crippen LogP contribution < -0.4 is 73.8 Å². The number of urea groups is 1. The molecule has 9 heterocycles. The number of benzene rings is 7. The number of hydrogen-bond acceptors (Lipinski definition) is 26. The molecule has 3 saturated heterocycles. The highest BCUT2D eigenvalue weighted by Gasteiger charge is 2.39. The Kier molecular flexibility index (Phi) is 42.5. The van der Waals surface area contributed by atoms with Crippen LogP contribution in [0.4, 0.5) is 57.8 Å². The van der Waals surface area contributed by atoms with Crippen molar-refractivity contribution in [2.24, 2.45) is 5.92 Å². The lowest BCUT2D eigenvalue weighted by atomic mass is 10.0. The number of aryl methyl sites for hydroxylation is 4. The van der Waals surface area contributed by atoms with Gasteiger partial charge in [-0.1, -0.05) is 25.4 Å². The molecule has 0 bridgehead atoms. The largest absolute Gasteiger partial charge is 0.423 e. The maximum Gasteiger partial charge on any atom is 0.416 e. The second-order valence-corrected chi connectivity index (χ2v) is 36.9. The van der Waals surface area contributed by atoms with E-state index in [0.29, 0.717) is 55.6 Å². The third kappa shape index (κ3) is 30.1. The molecular weight excluding hydrogens is 1990 g/mol. The van der Waals surface area contributed by atoms with E-state index in [2.05, 4.69) is 169 Å². The van der Waals surface area contributed by atoms with E-state index < -0.39 is 53.4 Å². The number of halogens is 5. The number of fused-ring (bicyclic) bond motifs is 6. The summed E-state index contributed by atoms with van der Waals surface area (Å²) in [5, 5.41) is 10.8. The first-order valence-electron chi connectivity index (χ1n) is 49.7. The predicted molar refractivity (Wildman–Crippen MR) is 583 cm³/mol. The minimum atomic E-state index is -4.46. The van der Waals surface area contributed by atoms with E-state index in [1.807, 2.05) is 137 Å². The highest BCUT2D eigenvalue weighted by atomic mass is 127. The number of amides is 4. The highest BCUT2D eigenvalue weighted by molar-refractivity contribution is 14.1. The molecule has 0 aliphatic carbocycles. The fraction of sp³-hybridized carbons (Fsp3) is 0.423. The standard InChI is InChI=1S/C19H26N2O3.C18H24N2O3.C17H21NO3.C16H18F3N3O3.C14H16ClNO2.C14H16INO2.C13H15NO2/c1-4-21(5-2)15-6-7-16-14(3)17(19(22)24-18(16)12-15)13-20-8-10-23-11-9-20;1-3-20(4-2)15-5-6-16-14(11-18(21)23-17(16)12-15)13-19-7-9-22-10-8-19;1-5-18(6-2)13-7-8-14-12(4)15(9-11(3)19)17(20)21-16(14)10-13;1-9(2)7-12-14(24)22(15(25)21-12)8-13(23)20-11-5-3-10(4-6-11)16(17,18)19;2*1-4-16(5-2)10-6-7-11-9(3)13(15)14(17)18-12(11)8-10;1-3-14(4-2)11-7-5-10-6-8-13(15)16-12(10)9-11/h6-7,12H,4-5,8-11,13H2,1-3H3;5-6,11-12H,3-4,7-10,13H2,1-2H3;7-8,10H,5-6,9H2,1-4H3;3-6,9,12H,7-8H2,1-2H3,(H,20,23)(H,21,25);2*6-8H,4-5H2,1-3H3;5-9H,3-4H2,1-2H3. The summed E-state index contributed by atoms with van der Waals surface area (Å²) in [6.07, 6.45) is -3.88. The van der Waals surface area contributed by atoms with E-state index in [9.17, 15) is 61.1 Å². The first-order chi connectivity index (χ1) is 69.3. The zero-order chi connectivity index (χ0) is 106. The lowest BCUT2D eigenvalue weighted by Crippen LogP contribution is -2.38. The van der Waals surface area contributed by atoms with E-state index in [1.165, 1.54) is 13.0 Å². The van der Waals surface area contributed by atoms with Crippen LogP contribution in [-0.2, 0) is 49.5 Å². The van der Waals surface area contributed by atoms with Crippen molar-refractivity contribution in [3.05, 3.63) is 267 Å². The zero-order valence-electron chi connectivity index (χ0n) is 86.5. The van der Waals surface area contributed by atoms with Crippen LogP contribution in [0.2, 0.25) is 5.02 Å². The second kappa shape index (κ2) is 54.0. The van der Waals surface area contributed by atoms with Crippen molar-refractivity contribution >= 4 is 163 Å². The molecule has 3 aliphatic heterocycles. The van der Waals surface area contributed by atoms with Gasteiger partial charge in [0.1, 0.15) is 60.5 Å². The van der Waals surface area contributed by atoms with Crippen LogP contribution >= 0.6 is 34.2 Å². The predicted octanol–water partition coefficient (Wildman–Crippen LogP) is 20.7. The monoisotopic (exact) mass is 2130 g/mol. The Bertz CT molecular complexity index is 6900. The van der Waals surface area contributed by atoms with Crippen molar-refractivity contribution in [2.75, 3.05) is 172 Å². The smallest absolute Gasteiger partial charge is 0.416 e. The van der Waals surface area contributed by atoms with Crippen molar-refractivity contribution in [2.45, 2.75) is 170 Å². The maximum absolute atomic E-state index is 12.5. The number of imide groups is 1. The van der Waals surface area contributed by atoms with Crippen molar-refractivity contribution in [3.63, 3.8) is 0 Å². The number of alkyl halides is 3. The van der Waals surface area contributed by atoms with Crippen LogP contribution in [0, 0.1) is 37.2 Å². The lowest BCUT2D eigenvalue weighted by molar-refractivity contribution is -0.137. The fourth-order valence-electron chi connectivity index (χ4n) is 17.6. The molecule has 6 aromatic heterocycles. The summed E-state index contributed by atoms with van der Waals surface area (Å²) in [5.41, 5.74) is 13.5. The van der Waals surface area contributed by atoms with E-state index in [1.54, 1.807) is 12.1 Å². The van der Waals surface area contributed by atoms with Gasteiger partial charge >= 0.3 is 46.0 Å². The number of nitrogens with one attached hydrogen (secondary N) is 2. The summed E-state index contributed by atoms with van der Waals surface area (Å²) < 4.78 is 81.2. The van der Waals surface area contributed by atoms with Crippen molar-refractivity contribution in [1.82, 2.24) is 20.0 Å². The van der Waals surface area contributed by atoms with Crippen LogP contribution in [0.25, 0.3) is 65.8 Å². The van der Waals surface area contributed by atoms with Crippen molar-refractivity contribution in [3.8, 4) is 0 Å². The van der Waals surface area contributed by atoms with Crippen LogP contribution in [0.15, 0.2) is 207 Å². The summed E-state index contributed by atoms with van der Waals surface area (Å²) in [6, 6.07) is 43.5. The number of morpholine rings is 2. The Morgan fingerprint density at radius 3 is 1.21 bits per heavy atom. The molecule has 7 aromatic carbocycles. The Morgan fingerprint density at radius 1 is 0.434 bits per heavy atom. The van der Waals surface area contributed by atoms with Gasteiger partial charge in [0.05, 0.1) is 37.6 Å². The molecular formula is C111H136ClF3IN11O18. The van der Waals surface area contributed by atoms with E-state index in [-0.39, 0.29) is 51.3 Å². The molecule has 29 nitrogen and oxygen atoms in total. The van der Waals surface area contributed by atoms with Crippen LogP contribution in [0.3, 0.4) is 0 Å². The van der Waals surface area contributed by atoms with Gasteiger partial charge in [-0.15, -0.1) is 0 Å². The van der Waals surface area contributed by atoms with Crippen LogP contribution in [-0.4, -0.2) is 182 Å². The number of ketones is 1. The molecule has 16 rings (SSSR count). The number of hydrogen-bond donors (Lipinski definition) is 2.